The number of nitrogens with zero attached hydrogens (tertiary/aromatic N) is 1. The van der Waals surface area contributed by atoms with Crippen molar-refractivity contribution in [1.29, 1.82) is 0 Å². The minimum absolute atomic E-state index is 0.110. The lowest BCUT2D eigenvalue weighted by atomic mass is 10.1. The summed E-state index contributed by atoms with van der Waals surface area (Å²) in [6, 6.07) is 13.5. The van der Waals surface area contributed by atoms with Gasteiger partial charge in [-0.05, 0) is 48.7 Å². The van der Waals surface area contributed by atoms with Crippen molar-refractivity contribution in [3.63, 3.8) is 0 Å². The van der Waals surface area contributed by atoms with Gasteiger partial charge < -0.3 is 5.32 Å². The number of carbonyl (C=O) groups is 1. The molecule has 0 fully saturated rings. The van der Waals surface area contributed by atoms with Crippen molar-refractivity contribution in [2.24, 2.45) is 0 Å². The normalized spacial score (nSPS) is 11.5. The Balaban J connectivity index is 2.34. The van der Waals surface area contributed by atoms with E-state index >= 15 is 0 Å². The van der Waals surface area contributed by atoms with Crippen molar-refractivity contribution in [2.75, 3.05) is 13.1 Å². The minimum Gasteiger partial charge on any atom is -0.355 e. The van der Waals surface area contributed by atoms with Crippen LogP contribution >= 0.6 is 11.6 Å². The molecule has 7 heteroatoms. The Morgan fingerprint density at radius 1 is 1.12 bits per heavy atom. The van der Waals surface area contributed by atoms with E-state index in [-0.39, 0.29) is 23.9 Å². The second-order valence-corrected chi connectivity index (χ2v) is 8.38. The molecule has 2 rings (SSSR count). The molecule has 0 atom stereocenters. The zero-order valence-corrected chi connectivity index (χ0v) is 16.5. The average Bonchev–Trinajstić information content (AvgIpc) is 2.61. The van der Waals surface area contributed by atoms with Crippen molar-refractivity contribution in [1.82, 2.24) is 9.62 Å². The van der Waals surface area contributed by atoms with Gasteiger partial charge in [0.2, 0.25) is 15.9 Å². The molecule has 5 nitrogen and oxygen atoms in total. The molecule has 2 aromatic carbocycles. The number of sulfonamides is 1. The van der Waals surface area contributed by atoms with Gasteiger partial charge in [-0.15, -0.1) is 0 Å². The second kappa shape index (κ2) is 9.16. The van der Waals surface area contributed by atoms with Crippen molar-refractivity contribution in [3.8, 4) is 0 Å². The highest BCUT2D eigenvalue weighted by atomic mass is 35.5. The maximum atomic E-state index is 13.1. The third kappa shape index (κ3) is 5.30. The van der Waals surface area contributed by atoms with Crippen molar-refractivity contribution in [3.05, 3.63) is 64.7 Å². The van der Waals surface area contributed by atoms with Crippen molar-refractivity contribution >= 4 is 27.5 Å². The van der Waals surface area contributed by atoms with Crippen LogP contribution in [0.5, 0.6) is 0 Å². The molecule has 0 saturated heterocycles. The summed E-state index contributed by atoms with van der Waals surface area (Å²) in [6.45, 7) is 4.25. The van der Waals surface area contributed by atoms with Crippen molar-refractivity contribution in [2.45, 2.75) is 31.7 Å². The maximum Gasteiger partial charge on any atom is 0.243 e. The molecule has 2 aromatic rings. The monoisotopic (exact) mass is 394 g/mol. The van der Waals surface area contributed by atoms with Crippen LogP contribution in [0.2, 0.25) is 5.02 Å². The van der Waals surface area contributed by atoms with E-state index in [1.165, 1.54) is 28.6 Å². The van der Waals surface area contributed by atoms with Crippen LogP contribution in [-0.4, -0.2) is 31.7 Å². The summed E-state index contributed by atoms with van der Waals surface area (Å²) in [6.07, 6.45) is 0.785. The molecule has 0 aromatic heterocycles. The number of aryl methyl sites for hydroxylation is 1. The molecular formula is C19H23ClN2O3S. The number of amides is 1. The van der Waals surface area contributed by atoms with Crippen LogP contribution in [0, 0.1) is 6.92 Å². The van der Waals surface area contributed by atoms with Gasteiger partial charge in [-0.2, -0.15) is 4.31 Å². The standard InChI is InChI=1S/C19H23ClN2O3S/c1-3-12-21-19(23)14-22(13-16-7-5-4-6-15(16)2)26(24,25)18-10-8-17(20)9-11-18/h4-11H,3,12-14H2,1-2H3,(H,21,23). The Hall–Kier alpha value is -1.89. The fraction of sp³-hybridized carbons (Fsp3) is 0.316. The van der Waals surface area contributed by atoms with E-state index in [0.717, 1.165) is 17.5 Å². The summed E-state index contributed by atoms with van der Waals surface area (Å²) in [4.78, 5) is 12.3. The molecule has 0 radical (unpaired) electrons. The highest BCUT2D eigenvalue weighted by molar-refractivity contribution is 7.89. The largest absolute Gasteiger partial charge is 0.355 e. The lowest BCUT2D eigenvalue weighted by Gasteiger charge is -2.23. The molecule has 0 aliphatic rings. The molecule has 26 heavy (non-hydrogen) atoms. The lowest BCUT2D eigenvalue weighted by Crippen LogP contribution is -2.40. The molecule has 1 amide bonds. The van der Waals surface area contributed by atoms with Gasteiger partial charge >= 0.3 is 0 Å². The summed E-state index contributed by atoms with van der Waals surface area (Å²) in [5, 5.41) is 3.18. The second-order valence-electron chi connectivity index (χ2n) is 6.00. The molecule has 0 heterocycles. The molecule has 1 N–H and O–H groups in total. The van der Waals surface area contributed by atoms with Gasteiger partial charge in [0, 0.05) is 18.1 Å². The average molecular weight is 395 g/mol. The molecule has 0 aliphatic heterocycles. The van der Waals surface area contributed by atoms with Crippen LogP contribution in [0.1, 0.15) is 24.5 Å². The Kier molecular flexibility index (Phi) is 7.20. The quantitative estimate of drug-likeness (QED) is 0.746. The third-order valence-electron chi connectivity index (χ3n) is 3.95. The highest BCUT2D eigenvalue weighted by Crippen LogP contribution is 2.21. The van der Waals surface area contributed by atoms with Crippen LogP contribution in [0.3, 0.4) is 0 Å². The van der Waals surface area contributed by atoms with Gasteiger partial charge in [-0.3, -0.25) is 4.79 Å². The molecule has 0 bridgehead atoms. The molecule has 0 aliphatic carbocycles. The first-order valence-electron chi connectivity index (χ1n) is 8.41. The summed E-state index contributed by atoms with van der Waals surface area (Å²) in [5.41, 5.74) is 1.83. The number of rotatable bonds is 8. The Morgan fingerprint density at radius 3 is 2.38 bits per heavy atom. The SMILES string of the molecule is CCCNC(=O)CN(Cc1ccccc1C)S(=O)(=O)c1ccc(Cl)cc1. The first-order chi connectivity index (χ1) is 12.3. The van der Waals surface area contributed by atoms with E-state index in [9.17, 15) is 13.2 Å². The van der Waals surface area contributed by atoms with E-state index in [1.807, 2.05) is 38.1 Å². The first kappa shape index (κ1) is 20.4. The number of hydrogen-bond acceptors (Lipinski definition) is 3. The van der Waals surface area contributed by atoms with Gasteiger partial charge in [-0.25, -0.2) is 8.42 Å². The Labute approximate surface area is 160 Å². The summed E-state index contributed by atoms with van der Waals surface area (Å²) < 4.78 is 27.3. The van der Waals surface area contributed by atoms with Crippen LogP contribution in [0.25, 0.3) is 0 Å². The number of halogens is 1. The number of hydrogen-bond donors (Lipinski definition) is 1. The summed E-state index contributed by atoms with van der Waals surface area (Å²) >= 11 is 5.86. The summed E-state index contributed by atoms with van der Waals surface area (Å²) in [7, 11) is -3.84. The van der Waals surface area contributed by atoms with Crippen LogP contribution in [0.15, 0.2) is 53.4 Å². The minimum atomic E-state index is -3.84. The van der Waals surface area contributed by atoms with Gasteiger partial charge in [0.1, 0.15) is 0 Å². The molecule has 0 unspecified atom stereocenters. The highest BCUT2D eigenvalue weighted by Gasteiger charge is 2.27. The fourth-order valence-corrected chi connectivity index (χ4v) is 3.94. The van der Waals surface area contributed by atoms with E-state index < -0.39 is 10.0 Å². The smallest absolute Gasteiger partial charge is 0.243 e. The zero-order chi connectivity index (χ0) is 19.2. The molecule has 0 spiro atoms. The third-order valence-corrected chi connectivity index (χ3v) is 6.01. The van der Waals surface area contributed by atoms with Crippen LogP contribution in [0.4, 0.5) is 0 Å². The van der Waals surface area contributed by atoms with Crippen LogP contribution in [-0.2, 0) is 21.4 Å². The first-order valence-corrected chi connectivity index (χ1v) is 10.2. The van der Waals surface area contributed by atoms with Gasteiger partial charge in [0.15, 0.2) is 0 Å². The molecule has 0 saturated carbocycles. The van der Waals surface area contributed by atoms with Gasteiger partial charge in [0.25, 0.3) is 0 Å². The number of benzene rings is 2. The molecular weight excluding hydrogens is 372 g/mol. The molecule has 140 valence electrons. The topological polar surface area (TPSA) is 66.5 Å². The predicted octanol–water partition coefficient (Wildman–Crippen LogP) is 3.37. The van der Waals surface area contributed by atoms with E-state index in [0.29, 0.717) is 11.6 Å². The zero-order valence-electron chi connectivity index (χ0n) is 14.9. The summed E-state index contributed by atoms with van der Waals surface area (Å²) in [5.74, 6) is -0.321. The lowest BCUT2D eigenvalue weighted by molar-refractivity contribution is -0.121. The van der Waals surface area contributed by atoms with E-state index in [2.05, 4.69) is 5.32 Å². The number of carbonyl (C=O) groups excluding carboxylic acids is 1. The van der Waals surface area contributed by atoms with Gasteiger partial charge in [0.05, 0.1) is 11.4 Å². The number of nitrogens with one attached hydrogen (secondary N) is 1. The predicted molar refractivity (Wildman–Crippen MR) is 104 cm³/mol. The Morgan fingerprint density at radius 2 is 1.77 bits per heavy atom. The van der Waals surface area contributed by atoms with Gasteiger partial charge in [-0.1, -0.05) is 42.8 Å². The maximum absolute atomic E-state index is 13.1. The van der Waals surface area contributed by atoms with E-state index in [4.69, 9.17) is 11.6 Å². The van der Waals surface area contributed by atoms with Crippen LogP contribution < -0.4 is 5.32 Å². The van der Waals surface area contributed by atoms with Crippen molar-refractivity contribution < 1.29 is 13.2 Å². The van der Waals surface area contributed by atoms with E-state index in [1.54, 1.807) is 0 Å². The fourth-order valence-electron chi connectivity index (χ4n) is 2.44. The Bertz CT molecular complexity index is 851.